The molecular weight excluding hydrogens is 478 g/mol. The van der Waals surface area contributed by atoms with E-state index in [4.69, 9.17) is 9.26 Å². The normalized spacial score (nSPS) is 13.2. The van der Waals surface area contributed by atoms with Gasteiger partial charge in [-0.3, -0.25) is 5.01 Å². The Bertz CT molecular complexity index is 1410. The number of hydrazone groups is 1. The average Bonchev–Trinajstić information content (AvgIpc) is 3.49. The van der Waals surface area contributed by atoms with Crippen molar-refractivity contribution in [2.45, 2.75) is 32.6 Å². The molecule has 4 aromatic rings. The molecule has 0 saturated carbocycles. The zero-order valence-corrected chi connectivity index (χ0v) is 19.1. The molecule has 0 unspecified atom stereocenters. The Morgan fingerprint density at radius 3 is 2.72 bits per heavy atom. The minimum Gasteiger partial charge on any atom is -0.494 e. The minimum atomic E-state index is -4.59. The highest BCUT2D eigenvalue weighted by molar-refractivity contribution is 5.80. The lowest BCUT2D eigenvalue weighted by molar-refractivity contribution is -0.137. The van der Waals surface area contributed by atoms with Crippen LogP contribution in [0.4, 0.5) is 17.6 Å². The number of alkyl halides is 3. The van der Waals surface area contributed by atoms with Gasteiger partial charge >= 0.3 is 6.18 Å². The number of nitrogens with zero attached hydrogens (tertiary/aromatic N) is 4. The van der Waals surface area contributed by atoms with E-state index in [9.17, 15) is 17.6 Å². The molecule has 0 amide bonds. The molecule has 5 rings (SSSR count). The Balaban J connectivity index is 1.33. The number of benzene rings is 2. The maximum absolute atomic E-state index is 14.1. The third-order valence-electron chi connectivity index (χ3n) is 5.56. The molecule has 0 radical (unpaired) electrons. The Labute approximate surface area is 203 Å². The first-order valence-corrected chi connectivity index (χ1v) is 11.2. The first-order valence-electron chi connectivity index (χ1n) is 11.2. The largest absolute Gasteiger partial charge is 0.494 e. The maximum Gasteiger partial charge on any atom is 0.417 e. The highest BCUT2D eigenvalue weighted by atomic mass is 19.4. The molecule has 0 aliphatic carbocycles. The number of hydrogen-bond acceptors (Lipinski definition) is 6. The van der Waals surface area contributed by atoms with Crippen molar-refractivity contribution in [1.29, 1.82) is 0 Å². The molecule has 3 heterocycles. The molecule has 0 saturated heterocycles. The minimum absolute atomic E-state index is 0.0580. The van der Waals surface area contributed by atoms with Gasteiger partial charge in [-0.1, -0.05) is 24.2 Å². The summed E-state index contributed by atoms with van der Waals surface area (Å²) in [5, 5.41) is 9.82. The van der Waals surface area contributed by atoms with Crippen molar-refractivity contribution in [2.75, 3.05) is 6.61 Å². The van der Waals surface area contributed by atoms with Crippen LogP contribution in [-0.4, -0.2) is 33.0 Å². The summed E-state index contributed by atoms with van der Waals surface area (Å²) in [6.07, 6.45) is -2.35. The van der Waals surface area contributed by atoms with E-state index in [0.717, 1.165) is 6.07 Å². The van der Waals surface area contributed by atoms with Gasteiger partial charge in [0.25, 0.3) is 0 Å². The third kappa shape index (κ3) is 4.81. The summed E-state index contributed by atoms with van der Waals surface area (Å²) in [7, 11) is 0. The van der Waals surface area contributed by atoms with E-state index in [2.05, 4.69) is 20.2 Å². The Hall–Kier alpha value is -4.15. The number of aromatic amines is 1. The molecule has 0 atom stereocenters. The van der Waals surface area contributed by atoms with Gasteiger partial charge in [0.05, 0.1) is 48.4 Å². The molecule has 2 aromatic carbocycles. The van der Waals surface area contributed by atoms with Gasteiger partial charge in [-0.2, -0.15) is 18.3 Å². The molecular formula is C25H21F4N5O2. The Morgan fingerprint density at radius 1 is 1.11 bits per heavy atom. The molecule has 1 aliphatic heterocycles. The van der Waals surface area contributed by atoms with Crippen molar-refractivity contribution in [2.24, 2.45) is 5.10 Å². The van der Waals surface area contributed by atoms with E-state index in [1.54, 1.807) is 29.4 Å². The molecule has 186 valence electrons. The van der Waals surface area contributed by atoms with Gasteiger partial charge in [-0.15, -0.1) is 0 Å². The number of halogens is 4. The second-order valence-electron chi connectivity index (χ2n) is 8.22. The van der Waals surface area contributed by atoms with Crippen LogP contribution < -0.4 is 4.74 Å². The molecule has 0 bridgehead atoms. The summed E-state index contributed by atoms with van der Waals surface area (Å²) < 4.78 is 66.0. The third-order valence-corrected chi connectivity index (χ3v) is 5.56. The predicted molar refractivity (Wildman–Crippen MR) is 124 cm³/mol. The number of aromatic nitrogens is 3. The first-order chi connectivity index (χ1) is 17.3. The molecule has 1 N–H and O–H groups in total. The fraction of sp³-hybridized carbons (Fsp3) is 0.240. The van der Waals surface area contributed by atoms with Crippen molar-refractivity contribution in [3.8, 4) is 28.4 Å². The summed E-state index contributed by atoms with van der Waals surface area (Å²) >= 11 is 0. The van der Waals surface area contributed by atoms with E-state index in [-0.39, 0.29) is 23.6 Å². The standard InChI is InChI=1S/C25H21F4N5O2/c1-2-9-35-15-7-8-17(19(10-15)25(27,28)29)21-11-16(36-33-21)13-34-14-23-22(12-30-34)31-24(32-23)18-5-3-4-6-20(18)26/h3-8,10-12H,2,9,13-14H2,1H3,(H,31,32). The summed E-state index contributed by atoms with van der Waals surface area (Å²) in [5.41, 5.74) is 0.760. The van der Waals surface area contributed by atoms with Gasteiger partial charge in [-0.05, 0) is 36.8 Å². The lowest BCUT2D eigenvalue weighted by atomic mass is 10.0. The van der Waals surface area contributed by atoms with Crippen LogP contribution in [-0.2, 0) is 19.3 Å². The van der Waals surface area contributed by atoms with Gasteiger partial charge in [0.1, 0.15) is 23.1 Å². The van der Waals surface area contributed by atoms with E-state index in [1.165, 1.54) is 24.3 Å². The van der Waals surface area contributed by atoms with Crippen molar-refractivity contribution < 1.29 is 26.8 Å². The van der Waals surface area contributed by atoms with Crippen molar-refractivity contribution in [1.82, 2.24) is 20.1 Å². The molecule has 36 heavy (non-hydrogen) atoms. The predicted octanol–water partition coefficient (Wildman–Crippen LogP) is 6.03. The molecule has 2 aromatic heterocycles. The van der Waals surface area contributed by atoms with Gasteiger partial charge in [0, 0.05) is 11.6 Å². The number of hydrogen-bond donors (Lipinski definition) is 1. The smallest absolute Gasteiger partial charge is 0.417 e. The van der Waals surface area contributed by atoms with Crippen molar-refractivity contribution >= 4 is 6.21 Å². The second kappa shape index (κ2) is 9.48. The van der Waals surface area contributed by atoms with Gasteiger partial charge < -0.3 is 14.2 Å². The number of H-pyrrole nitrogens is 1. The van der Waals surface area contributed by atoms with Gasteiger partial charge in [0.2, 0.25) is 0 Å². The molecule has 7 nitrogen and oxygen atoms in total. The van der Waals surface area contributed by atoms with Crippen LogP contribution in [0.2, 0.25) is 0 Å². The van der Waals surface area contributed by atoms with Crippen molar-refractivity contribution in [3.63, 3.8) is 0 Å². The lowest BCUT2D eigenvalue weighted by Gasteiger charge is -2.19. The average molecular weight is 499 g/mol. The summed E-state index contributed by atoms with van der Waals surface area (Å²) in [6.45, 7) is 2.64. The van der Waals surface area contributed by atoms with Crippen LogP contribution >= 0.6 is 0 Å². The monoisotopic (exact) mass is 499 g/mol. The van der Waals surface area contributed by atoms with Crippen LogP contribution in [0.1, 0.15) is 36.1 Å². The molecule has 0 fully saturated rings. The van der Waals surface area contributed by atoms with Crippen LogP contribution in [0.3, 0.4) is 0 Å². The highest BCUT2D eigenvalue weighted by Gasteiger charge is 2.35. The van der Waals surface area contributed by atoms with E-state index < -0.39 is 17.6 Å². The first kappa shape index (κ1) is 23.6. The zero-order chi connectivity index (χ0) is 25.3. The summed E-state index contributed by atoms with van der Waals surface area (Å²) in [6, 6.07) is 11.5. The lowest BCUT2D eigenvalue weighted by Crippen LogP contribution is -2.21. The summed E-state index contributed by atoms with van der Waals surface area (Å²) in [4.78, 5) is 7.54. The van der Waals surface area contributed by atoms with Crippen LogP contribution in [0, 0.1) is 5.82 Å². The van der Waals surface area contributed by atoms with Crippen LogP contribution in [0.25, 0.3) is 22.6 Å². The number of ether oxygens (including phenoxy) is 1. The summed E-state index contributed by atoms with van der Waals surface area (Å²) in [5.74, 6) is 0.466. The quantitative estimate of drug-likeness (QED) is 0.314. The molecule has 0 spiro atoms. The SMILES string of the molecule is CCCOc1ccc(-c2cc(CN3Cc4nc(-c5ccccc5F)[nH]c4C=N3)on2)c(C(F)(F)F)c1. The number of nitrogens with one attached hydrogen (secondary N) is 1. The fourth-order valence-electron chi connectivity index (χ4n) is 3.87. The number of fused-ring (bicyclic) bond motifs is 1. The van der Waals surface area contributed by atoms with Crippen LogP contribution in [0.5, 0.6) is 5.75 Å². The van der Waals surface area contributed by atoms with E-state index >= 15 is 0 Å². The zero-order valence-electron chi connectivity index (χ0n) is 19.1. The maximum atomic E-state index is 14.1. The van der Waals surface area contributed by atoms with Crippen molar-refractivity contribution in [3.05, 3.63) is 77.1 Å². The van der Waals surface area contributed by atoms with E-state index in [0.29, 0.717) is 48.1 Å². The highest BCUT2D eigenvalue weighted by Crippen LogP contribution is 2.39. The Morgan fingerprint density at radius 2 is 1.94 bits per heavy atom. The van der Waals surface area contributed by atoms with E-state index in [1.807, 2.05) is 6.92 Å². The second-order valence-corrected chi connectivity index (χ2v) is 8.22. The topological polar surface area (TPSA) is 79.5 Å². The molecule has 11 heteroatoms. The Kier molecular flexibility index (Phi) is 6.21. The van der Waals surface area contributed by atoms with Crippen LogP contribution in [0.15, 0.2) is 58.2 Å². The van der Waals surface area contributed by atoms with Gasteiger partial charge in [-0.25, -0.2) is 9.37 Å². The number of rotatable bonds is 7. The number of imidazole rings is 1. The van der Waals surface area contributed by atoms with Gasteiger partial charge in [0.15, 0.2) is 5.76 Å². The molecule has 1 aliphatic rings. The fourth-order valence-corrected chi connectivity index (χ4v) is 3.87.